The van der Waals surface area contributed by atoms with E-state index < -0.39 is 0 Å². The topological polar surface area (TPSA) is 20.2 Å². The van der Waals surface area contributed by atoms with E-state index in [9.17, 15) is 5.11 Å². The molecule has 0 spiro atoms. The summed E-state index contributed by atoms with van der Waals surface area (Å²) in [5.41, 5.74) is 1.92. The Labute approximate surface area is 87.2 Å². The highest BCUT2D eigenvalue weighted by Gasteiger charge is 2.42. The molecule has 1 saturated carbocycles. The van der Waals surface area contributed by atoms with Crippen LogP contribution in [0, 0.1) is 17.3 Å². The van der Waals surface area contributed by atoms with Gasteiger partial charge >= 0.3 is 0 Å². The first kappa shape index (κ1) is 10.2. The first-order valence-electron chi connectivity index (χ1n) is 5.91. The maximum atomic E-state index is 9.67. The summed E-state index contributed by atoms with van der Waals surface area (Å²) in [7, 11) is 0. The fourth-order valence-electron chi connectivity index (χ4n) is 3.21. The predicted octanol–water partition coefficient (Wildman–Crippen LogP) is 3.14. The van der Waals surface area contributed by atoms with Gasteiger partial charge in [-0.3, -0.25) is 0 Å². The highest BCUT2D eigenvalue weighted by Crippen LogP contribution is 2.52. The third-order valence-electron chi connectivity index (χ3n) is 4.78. The molecule has 1 N–H and O–H groups in total. The van der Waals surface area contributed by atoms with E-state index in [4.69, 9.17) is 0 Å². The molecule has 80 valence electrons. The lowest BCUT2D eigenvalue weighted by Gasteiger charge is -2.48. The van der Waals surface area contributed by atoms with Gasteiger partial charge in [0.15, 0.2) is 0 Å². The van der Waals surface area contributed by atoms with Crippen molar-refractivity contribution in [1.82, 2.24) is 0 Å². The van der Waals surface area contributed by atoms with Crippen molar-refractivity contribution in [1.29, 1.82) is 0 Å². The lowest BCUT2D eigenvalue weighted by molar-refractivity contribution is 0.0631. The zero-order valence-electron chi connectivity index (χ0n) is 9.59. The third kappa shape index (κ3) is 1.42. The molecule has 0 aliphatic heterocycles. The summed E-state index contributed by atoms with van der Waals surface area (Å²) in [6.45, 7) is 7.13. The standard InChI is InChI=1S/C13H22O/c1-9-4-5-11-8-12(14)6-7-13(11,3)10(9)2/h5,9-10,12,14H,4,6-8H2,1-3H3/t9-,10+,12+,13+/m0/s1. The number of hydrogen-bond donors (Lipinski definition) is 1. The van der Waals surface area contributed by atoms with Crippen LogP contribution >= 0.6 is 0 Å². The van der Waals surface area contributed by atoms with E-state index in [1.165, 1.54) is 18.4 Å². The molecule has 0 heterocycles. The molecule has 0 aromatic heterocycles. The summed E-state index contributed by atoms with van der Waals surface area (Å²) in [6, 6.07) is 0. The molecule has 0 saturated heterocycles. The van der Waals surface area contributed by atoms with Gasteiger partial charge in [0, 0.05) is 0 Å². The maximum Gasteiger partial charge on any atom is 0.0577 e. The minimum absolute atomic E-state index is 0.0741. The van der Waals surface area contributed by atoms with Crippen LogP contribution < -0.4 is 0 Å². The van der Waals surface area contributed by atoms with Crippen LogP contribution in [0.1, 0.15) is 46.5 Å². The number of aliphatic hydroxyl groups is 1. The van der Waals surface area contributed by atoms with Crippen molar-refractivity contribution in [3.63, 3.8) is 0 Å². The van der Waals surface area contributed by atoms with Crippen molar-refractivity contribution in [2.45, 2.75) is 52.6 Å². The molecule has 1 heteroatoms. The molecule has 0 radical (unpaired) electrons. The molecule has 0 amide bonds. The smallest absolute Gasteiger partial charge is 0.0577 e. The molecule has 2 aliphatic rings. The van der Waals surface area contributed by atoms with Gasteiger partial charge in [-0.1, -0.05) is 32.4 Å². The molecule has 0 aromatic rings. The molecule has 14 heavy (non-hydrogen) atoms. The van der Waals surface area contributed by atoms with Crippen LogP contribution in [0.25, 0.3) is 0 Å². The van der Waals surface area contributed by atoms with Gasteiger partial charge in [-0.2, -0.15) is 0 Å². The first-order valence-corrected chi connectivity index (χ1v) is 5.91. The maximum absolute atomic E-state index is 9.67. The van der Waals surface area contributed by atoms with Crippen LogP contribution in [0.4, 0.5) is 0 Å². The molecular formula is C13H22O. The predicted molar refractivity (Wildman–Crippen MR) is 59.0 cm³/mol. The van der Waals surface area contributed by atoms with E-state index in [1.54, 1.807) is 0 Å². The Bertz CT molecular complexity index is 256. The Kier molecular flexibility index (Phi) is 2.46. The van der Waals surface area contributed by atoms with E-state index in [2.05, 4.69) is 26.8 Å². The summed E-state index contributed by atoms with van der Waals surface area (Å²) >= 11 is 0. The first-order chi connectivity index (χ1) is 6.54. The lowest BCUT2D eigenvalue weighted by atomic mass is 9.58. The summed E-state index contributed by atoms with van der Waals surface area (Å²) in [6.07, 6.45) is 6.62. The lowest BCUT2D eigenvalue weighted by Crippen LogP contribution is -2.40. The molecule has 0 aromatic carbocycles. The minimum atomic E-state index is -0.0741. The van der Waals surface area contributed by atoms with Gasteiger partial charge < -0.3 is 5.11 Å². The number of fused-ring (bicyclic) bond motifs is 1. The van der Waals surface area contributed by atoms with Crippen molar-refractivity contribution in [3.8, 4) is 0 Å². The van der Waals surface area contributed by atoms with E-state index in [0.717, 1.165) is 24.7 Å². The van der Waals surface area contributed by atoms with Crippen LogP contribution in [0.2, 0.25) is 0 Å². The van der Waals surface area contributed by atoms with Crippen molar-refractivity contribution in [2.75, 3.05) is 0 Å². The quantitative estimate of drug-likeness (QED) is 0.587. The Hall–Kier alpha value is -0.300. The van der Waals surface area contributed by atoms with E-state index in [0.29, 0.717) is 5.41 Å². The SMILES string of the molecule is C[C@@H]1[C@@H](C)CC=C2C[C@H](O)CC[C@@]21C. The second-order valence-electron chi connectivity index (χ2n) is 5.55. The molecule has 0 bridgehead atoms. The van der Waals surface area contributed by atoms with Crippen LogP contribution in [-0.2, 0) is 0 Å². The Balaban J connectivity index is 2.28. The Morgan fingerprint density at radius 3 is 2.86 bits per heavy atom. The van der Waals surface area contributed by atoms with Gasteiger partial charge in [0.25, 0.3) is 0 Å². The minimum Gasteiger partial charge on any atom is -0.393 e. The highest BCUT2D eigenvalue weighted by molar-refractivity contribution is 5.22. The average Bonchev–Trinajstić information content (AvgIpc) is 2.16. The summed E-state index contributed by atoms with van der Waals surface area (Å²) < 4.78 is 0. The van der Waals surface area contributed by atoms with Gasteiger partial charge in [0.2, 0.25) is 0 Å². The fourth-order valence-corrected chi connectivity index (χ4v) is 3.21. The zero-order chi connectivity index (χ0) is 10.3. The highest BCUT2D eigenvalue weighted by atomic mass is 16.3. The third-order valence-corrected chi connectivity index (χ3v) is 4.78. The second kappa shape index (κ2) is 3.37. The number of aliphatic hydroxyl groups excluding tert-OH is 1. The summed E-state index contributed by atoms with van der Waals surface area (Å²) in [5, 5.41) is 9.67. The number of rotatable bonds is 0. The van der Waals surface area contributed by atoms with E-state index in [1.807, 2.05) is 0 Å². The zero-order valence-corrected chi connectivity index (χ0v) is 9.59. The molecule has 2 aliphatic carbocycles. The summed E-state index contributed by atoms with van der Waals surface area (Å²) in [4.78, 5) is 0. The monoisotopic (exact) mass is 194 g/mol. The molecule has 0 unspecified atom stereocenters. The van der Waals surface area contributed by atoms with Gasteiger partial charge in [-0.25, -0.2) is 0 Å². The number of hydrogen-bond acceptors (Lipinski definition) is 1. The van der Waals surface area contributed by atoms with Crippen molar-refractivity contribution >= 4 is 0 Å². The summed E-state index contributed by atoms with van der Waals surface area (Å²) in [5.74, 6) is 1.58. The van der Waals surface area contributed by atoms with Gasteiger partial charge in [0.1, 0.15) is 0 Å². The van der Waals surface area contributed by atoms with Crippen LogP contribution in [0.3, 0.4) is 0 Å². The fraction of sp³-hybridized carbons (Fsp3) is 0.846. The average molecular weight is 194 g/mol. The van der Waals surface area contributed by atoms with Crippen molar-refractivity contribution in [2.24, 2.45) is 17.3 Å². The van der Waals surface area contributed by atoms with Gasteiger partial charge in [-0.05, 0) is 42.9 Å². The second-order valence-corrected chi connectivity index (χ2v) is 5.55. The van der Waals surface area contributed by atoms with Crippen molar-refractivity contribution in [3.05, 3.63) is 11.6 Å². The van der Waals surface area contributed by atoms with Crippen LogP contribution in [0.15, 0.2) is 11.6 Å². The molecule has 1 nitrogen and oxygen atoms in total. The van der Waals surface area contributed by atoms with Gasteiger partial charge in [0.05, 0.1) is 6.10 Å². The van der Waals surface area contributed by atoms with Crippen LogP contribution in [-0.4, -0.2) is 11.2 Å². The normalized spacial score (nSPS) is 48.3. The Morgan fingerprint density at radius 1 is 1.43 bits per heavy atom. The molecule has 1 fully saturated rings. The van der Waals surface area contributed by atoms with Crippen molar-refractivity contribution < 1.29 is 5.11 Å². The Morgan fingerprint density at radius 2 is 2.14 bits per heavy atom. The molecule has 2 rings (SSSR count). The van der Waals surface area contributed by atoms with Gasteiger partial charge in [-0.15, -0.1) is 0 Å². The van der Waals surface area contributed by atoms with Crippen LogP contribution in [0.5, 0.6) is 0 Å². The van der Waals surface area contributed by atoms with E-state index in [-0.39, 0.29) is 6.10 Å². The number of allylic oxidation sites excluding steroid dienone is 1. The largest absolute Gasteiger partial charge is 0.393 e. The molecular weight excluding hydrogens is 172 g/mol. The molecule has 4 atom stereocenters. The van der Waals surface area contributed by atoms with E-state index >= 15 is 0 Å².